The van der Waals surface area contributed by atoms with Crippen molar-refractivity contribution in [3.8, 4) is 0 Å². The monoisotopic (exact) mass is 239 g/mol. The minimum Gasteiger partial charge on any atom is -0.358 e. The lowest BCUT2D eigenvalue weighted by molar-refractivity contribution is -0.388. The van der Waals surface area contributed by atoms with Gasteiger partial charge >= 0.3 is 5.82 Å². The third kappa shape index (κ3) is 2.10. The number of hydrogen-bond donors (Lipinski definition) is 1. The number of anilines is 1. The molecule has 0 saturated carbocycles. The molecule has 1 aromatic heterocycles. The molecule has 7 heteroatoms. The van der Waals surface area contributed by atoms with Gasteiger partial charge in [0.05, 0.1) is 0 Å². The summed E-state index contributed by atoms with van der Waals surface area (Å²) in [5.41, 5.74) is 0. The quantitative estimate of drug-likeness (QED) is 0.598. The van der Waals surface area contributed by atoms with Crippen LogP contribution in [-0.4, -0.2) is 40.2 Å². The van der Waals surface area contributed by atoms with E-state index in [2.05, 4.69) is 17.2 Å². The van der Waals surface area contributed by atoms with Crippen LogP contribution < -0.4 is 10.2 Å². The number of nitrogens with zero attached hydrogens (tertiary/aromatic N) is 4. The van der Waals surface area contributed by atoms with E-state index in [1.165, 1.54) is 0 Å². The second-order valence-corrected chi connectivity index (χ2v) is 4.42. The molecule has 17 heavy (non-hydrogen) atoms. The van der Waals surface area contributed by atoms with E-state index < -0.39 is 4.92 Å². The highest BCUT2D eigenvalue weighted by Gasteiger charge is 2.30. The molecule has 0 aromatic carbocycles. The van der Waals surface area contributed by atoms with Crippen molar-refractivity contribution in [1.82, 2.24) is 14.9 Å². The van der Waals surface area contributed by atoms with Gasteiger partial charge in [-0.2, -0.15) is 0 Å². The topological polar surface area (TPSA) is 76.2 Å². The lowest BCUT2D eigenvalue weighted by Crippen LogP contribution is -2.50. The van der Waals surface area contributed by atoms with Crippen molar-refractivity contribution in [3.05, 3.63) is 15.9 Å². The molecule has 0 spiro atoms. The first kappa shape index (κ1) is 11.8. The Labute approximate surface area is 99.6 Å². The van der Waals surface area contributed by atoms with Gasteiger partial charge in [0.2, 0.25) is 11.6 Å². The lowest BCUT2D eigenvalue weighted by Gasteiger charge is -2.32. The molecule has 1 atom stereocenters. The summed E-state index contributed by atoms with van der Waals surface area (Å²) in [5.74, 6) is 1.23. The summed E-state index contributed by atoms with van der Waals surface area (Å²) in [5, 5.41) is 14.3. The Hall–Kier alpha value is -1.63. The fourth-order valence-electron chi connectivity index (χ4n) is 2.18. The minimum absolute atomic E-state index is 0.0425. The first-order valence-corrected chi connectivity index (χ1v) is 5.66. The smallest absolute Gasteiger partial charge is 0.358 e. The van der Waals surface area contributed by atoms with E-state index in [-0.39, 0.29) is 5.82 Å². The standard InChI is InChI=1S/C10H17N5O2/c1-7-6-14(5-4-11-7)10-9(15(16)17)12-8(2)13(10)3/h7,11H,4-6H2,1-3H3. The number of piperazine rings is 1. The first-order valence-electron chi connectivity index (χ1n) is 5.66. The van der Waals surface area contributed by atoms with Crippen LogP contribution >= 0.6 is 0 Å². The van der Waals surface area contributed by atoms with Crippen LogP contribution in [0.3, 0.4) is 0 Å². The van der Waals surface area contributed by atoms with Gasteiger partial charge in [-0.25, -0.2) is 0 Å². The molecule has 0 radical (unpaired) electrons. The molecule has 1 N–H and O–H groups in total. The number of imidazole rings is 1. The molecular formula is C10H17N5O2. The summed E-state index contributed by atoms with van der Waals surface area (Å²) in [6, 6.07) is 0.332. The SMILES string of the molecule is Cc1nc([N+](=O)[O-])c(N2CCNC(C)C2)n1C. The Kier molecular flexibility index (Phi) is 3.01. The van der Waals surface area contributed by atoms with Gasteiger partial charge in [0.25, 0.3) is 0 Å². The number of nitro groups is 1. The van der Waals surface area contributed by atoms with Gasteiger partial charge in [-0.1, -0.05) is 0 Å². The van der Waals surface area contributed by atoms with Crippen LogP contribution in [-0.2, 0) is 7.05 Å². The van der Waals surface area contributed by atoms with Gasteiger partial charge in [-0.3, -0.25) is 4.57 Å². The van der Waals surface area contributed by atoms with Crippen molar-refractivity contribution in [3.63, 3.8) is 0 Å². The summed E-state index contributed by atoms with van der Waals surface area (Å²) in [4.78, 5) is 16.6. The van der Waals surface area contributed by atoms with Gasteiger partial charge in [0.15, 0.2) is 0 Å². The number of nitrogens with one attached hydrogen (secondary N) is 1. The summed E-state index contributed by atoms with van der Waals surface area (Å²) in [6.07, 6.45) is 0. The fourth-order valence-corrected chi connectivity index (χ4v) is 2.18. The Morgan fingerprint density at radius 1 is 1.59 bits per heavy atom. The Morgan fingerprint density at radius 2 is 2.29 bits per heavy atom. The van der Waals surface area contributed by atoms with Crippen LogP contribution in [0.5, 0.6) is 0 Å². The highest BCUT2D eigenvalue weighted by Crippen LogP contribution is 2.28. The summed E-state index contributed by atoms with van der Waals surface area (Å²) in [6.45, 7) is 6.22. The molecule has 1 aliphatic rings. The number of aryl methyl sites for hydroxylation is 1. The van der Waals surface area contributed by atoms with Crippen LogP contribution in [0.2, 0.25) is 0 Å². The molecule has 0 aliphatic carbocycles. The molecule has 7 nitrogen and oxygen atoms in total. The number of aromatic nitrogens is 2. The summed E-state index contributed by atoms with van der Waals surface area (Å²) < 4.78 is 1.79. The second kappa shape index (κ2) is 4.33. The fraction of sp³-hybridized carbons (Fsp3) is 0.700. The van der Waals surface area contributed by atoms with Crippen LogP contribution in [0.1, 0.15) is 12.7 Å². The predicted molar refractivity (Wildman–Crippen MR) is 64.3 cm³/mol. The van der Waals surface area contributed by atoms with Gasteiger partial charge in [-0.05, 0) is 16.8 Å². The second-order valence-electron chi connectivity index (χ2n) is 4.42. The van der Waals surface area contributed by atoms with E-state index in [1.807, 2.05) is 11.9 Å². The molecule has 0 amide bonds. The summed E-state index contributed by atoms with van der Waals surface area (Å²) in [7, 11) is 1.82. The third-order valence-electron chi connectivity index (χ3n) is 3.11. The van der Waals surface area contributed by atoms with Gasteiger partial charge in [-0.15, -0.1) is 0 Å². The van der Waals surface area contributed by atoms with Crippen molar-refractivity contribution < 1.29 is 4.92 Å². The van der Waals surface area contributed by atoms with Crippen molar-refractivity contribution in [2.75, 3.05) is 24.5 Å². The van der Waals surface area contributed by atoms with Crippen LogP contribution in [0.25, 0.3) is 0 Å². The van der Waals surface area contributed by atoms with E-state index >= 15 is 0 Å². The highest BCUT2D eigenvalue weighted by atomic mass is 16.6. The zero-order valence-corrected chi connectivity index (χ0v) is 10.3. The third-order valence-corrected chi connectivity index (χ3v) is 3.11. The Balaban J connectivity index is 2.39. The van der Waals surface area contributed by atoms with Crippen LogP contribution in [0, 0.1) is 17.0 Å². The molecule has 1 unspecified atom stereocenters. The lowest BCUT2D eigenvalue weighted by atomic mass is 10.2. The molecule has 0 bridgehead atoms. The molecule has 1 saturated heterocycles. The Bertz CT molecular complexity index is 442. The zero-order chi connectivity index (χ0) is 12.6. The molecule has 2 heterocycles. The van der Waals surface area contributed by atoms with E-state index in [0.717, 1.165) is 19.6 Å². The predicted octanol–water partition coefficient (Wildman–Crippen LogP) is 0.435. The van der Waals surface area contributed by atoms with Gasteiger partial charge in [0.1, 0.15) is 0 Å². The molecule has 1 fully saturated rings. The minimum atomic E-state index is -0.408. The average Bonchev–Trinajstić information content (AvgIpc) is 2.56. The number of hydrogen-bond acceptors (Lipinski definition) is 5. The molecular weight excluding hydrogens is 222 g/mol. The Morgan fingerprint density at radius 3 is 2.88 bits per heavy atom. The molecule has 2 rings (SSSR count). The molecule has 1 aliphatic heterocycles. The van der Waals surface area contributed by atoms with Crippen molar-refractivity contribution in [2.24, 2.45) is 7.05 Å². The van der Waals surface area contributed by atoms with Crippen molar-refractivity contribution in [2.45, 2.75) is 19.9 Å². The van der Waals surface area contributed by atoms with Gasteiger partial charge < -0.3 is 20.3 Å². The van der Waals surface area contributed by atoms with Crippen molar-refractivity contribution >= 4 is 11.6 Å². The maximum absolute atomic E-state index is 11.0. The van der Waals surface area contributed by atoms with Crippen molar-refractivity contribution in [1.29, 1.82) is 0 Å². The zero-order valence-electron chi connectivity index (χ0n) is 10.3. The van der Waals surface area contributed by atoms with Gasteiger partial charge in [0, 0.05) is 39.6 Å². The van der Waals surface area contributed by atoms with E-state index in [1.54, 1.807) is 11.5 Å². The van der Waals surface area contributed by atoms with E-state index in [0.29, 0.717) is 17.7 Å². The largest absolute Gasteiger partial charge is 0.406 e. The maximum atomic E-state index is 11.0. The molecule has 94 valence electrons. The molecule has 1 aromatic rings. The number of rotatable bonds is 2. The maximum Gasteiger partial charge on any atom is 0.406 e. The average molecular weight is 239 g/mol. The van der Waals surface area contributed by atoms with Crippen LogP contribution in [0.15, 0.2) is 0 Å². The normalized spacial score (nSPS) is 20.6. The van der Waals surface area contributed by atoms with Crippen LogP contribution in [0.4, 0.5) is 11.6 Å². The highest BCUT2D eigenvalue weighted by molar-refractivity contribution is 5.56. The van der Waals surface area contributed by atoms with E-state index in [4.69, 9.17) is 0 Å². The summed E-state index contributed by atoms with van der Waals surface area (Å²) >= 11 is 0. The first-order chi connectivity index (χ1) is 8.00. The van der Waals surface area contributed by atoms with E-state index in [9.17, 15) is 10.1 Å².